The number of aromatic amines is 1. The number of rotatable bonds is 5. The van der Waals surface area contributed by atoms with E-state index in [-0.39, 0.29) is 17.9 Å². The van der Waals surface area contributed by atoms with E-state index in [2.05, 4.69) is 35.1 Å². The number of H-pyrrole nitrogens is 1. The molecule has 0 radical (unpaired) electrons. The van der Waals surface area contributed by atoms with Crippen molar-refractivity contribution in [3.63, 3.8) is 0 Å². The number of thioether (sulfide) groups is 1. The molecule has 11 heteroatoms. The van der Waals surface area contributed by atoms with E-state index >= 15 is 0 Å². The predicted octanol–water partition coefficient (Wildman–Crippen LogP) is 3.13. The van der Waals surface area contributed by atoms with Crippen LogP contribution in [0.4, 0.5) is 15.9 Å². The Morgan fingerprint density at radius 2 is 2.10 bits per heavy atom. The normalized spacial score (nSPS) is 16.4. The van der Waals surface area contributed by atoms with Crippen molar-refractivity contribution in [1.82, 2.24) is 24.9 Å². The van der Waals surface area contributed by atoms with Crippen molar-refractivity contribution in [2.75, 3.05) is 36.6 Å². The average Bonchev–Trinajstić information content (AvgIpc) is 3.36. The van der Waals surface area contributed by atoms with E-state index in [9.17, 15) is 4.39 Å². The average molecular weight is 441 g/mol. The fraction of sp³-hybridized carbons (Fsp3) is 0.300. The van der Waals surface area contributed by atoms with Crippen LogP contribution in [0, 0.1) is 5.82 Å². The van der Waals surface area contributed by atoms with Crippen LogP contribution < -0.4 is 20.7 Å². The summed E-state index contributed by atoms with van der Waals surface area (Å²) >= 11 is 1.44. The summed E-state index contributed by atoms with van der Waals surface area (Å²) in [5, 5.41) is 5.12. The van der Waals surface area contributed by atoms with Gasteiger partial charge in [-0.1, -0.05) is 11.8 Å². The van der Waals surface area contributed by atoms with Crippen LogP contribution in [0.5, 0.6) is 11.8 Å². The third-order valence-corrected chi connectivity index (χ3v) is 5.85. The molecule has 0 amide bonds. The maximum atomic E-state index is 14.3. The Hall–Kier alpha value is -3.18. The van der Waals surface area contributed by atoms with E-state index in [0.29, 0.717) is 40.0 Å². The summed E-state index contributed by atoms with van der Waals surface area (Å²) in [7, 11) is 1.75. The predicted molar refractivity (Wildman–Crippen MR) is 120 cm³/mol. The van der Waals surface area contributed by atoms with Gasteiger partial charge in [0.2, 0.25) is 0 Å². The second kappa shape index (κ2) is 7.82. The van der Waals surface area contributed by atoms with E-state index in [1.54, 1.807) is 19.4 Å². The molecule has 0 aliphatic carbocycles. The number of halogens is 1. The first-order valence-corrected chi connectivity index (χ1v) is 11.0. The molecule has 0 bridgehead atoms. The molecule has 5 rings (SSSR count). The minimum absolute atomic E-state index is 0.0525. The number of anilines is 2. The van der Waals surface area contributed by atoms with Crippen molar-refractivity contribution >= 4 is 45.2 Å². The first kappa shape index (κ1) is 19.8. The van der Waals surface area contributed by atoms with E-state index in [1.807, 2.05) is 6.26 Å². The molecule has 160 valence electrons. The van der Waals surface area contributed by atoms with Gasteiger partial charge < -0.3 is 25.7 Å². The Morgan fingerprint density at radius 3 is 2.77 bits per heavy atom. The lowest BCUT2D eigenvalue weighted by atomic mass is 10.1. The van der Waals surface area contributed by atoms with Gasteiger partial charge in [0, 0.05) is 31.6 Å². The molecule has 1 aliphatic heterocycles. The third kappa shape index (κ3) is 3.59. The lowest BCUT2D eigenvalue weighted by Crippen LogP contribution is -2.27. The van der Waals surface area contributed by atoms with Gasteiger partial charge in [-0.15, -0.1) is 0 Å². The van der Waals surface area contributed by atoms with Crippen molar-refractivity contribution in [2.45, 2.75) is 17.6 Å². The zero-order chi connectivity index (χ0) is 21.5. The van der Waals surface area contributed by atoms with Crippen LogP contribution in [0.15, 0.2) is 29.7 Å². The van der Waals surface area contributed by atoms with Gasteiger partial charge in [0.1, 0.15) is 17.3 Å². The monoisotopic (exact) mass is 440 g/mol. The maximum Gasteiger partial charge on any atom is 0.326 e. The van der Waals surface area contributed by atoms with Crippen molar-refractivity contribution in [1.29, 1.82) is 0 Å². The summed E-state index contributed by atoms with van der Waals surface area (Å²) in [5.41, 5.74) is 8.09. The second-order valence-corrected chi connectivity index (χ2v) is 8.08. The highest BCUT2D eigenvalue weighted by atomic mass is 32.2. The standard InChI is InChI=1S/C20H21FN8OS/c1-23-14-6-10(21)5-13-15-17(26-16(13)14)27-19(28-18(15)29-4-3-11(22)9-29)30-12-7-24-20(31-2)25-8-12/h5-8,11,23H,3-4,9,22H2,1-2H3,(H,26,27,28)/t11-/m0/s1. The third-order valence-electron chi connectivity index (χ3n) is 5.28. The van der Waals surface area contributed by atoms with Gasteiger partial charge in [-0.25, -0.2) is 14.4 Å². The van der Waals surface area contributed by atoms with Crippen LogP contribution in [0.25, 0.3) is 21.9 Å². The molecule has 4 aromatic rings. The van der Waals surface area contributed by atoms with Gasteiger partial charge in [0.05, 0.1) is 29.0 Å². The Balaban J connectivity index is 1.68. The molecule has 1 aromatic carbocycles. The first-order chi connectivity index (χ1) is 15.1. The number of hydrogen-bond acceptors (Lipinski definition) is 9. The lowest BCUT2D eigenvalue weighted by Gasteiger charge is -2.18. The molecule has 0 unspecified atom stereocenters. The van der Waals surface area contributed by atoms with Crippen LogP contribution in [0.2, 0.25) is 0 Å². The van der Waals surface area contributed by atoms with E-state index in [1.165, 1.54) is 23.9 Å². The Morgan fingerprint density at radius 1 is 1.29 bits per heavy atom. The van der Waals surface area contributed by atoms with E-state index < -0.39 is 0 Å². The van der Waals surface area contributed by atoms with Crippen LogP contribution in [0.1, 0.15) is 6.42 Å². The molecule has 4 heterocycles. The van der Waals surface area contributed by atoms with Crippen LogP contribution >= 0.6 is 11.8 Å². The van der Waals surface area contributed by atoms with Gasteiger partial charge in [0.15, 0.2) is 10.9 Å². The Kier molecular flexibility index (Phi) is 4.98. The van der Waals surface area contributed by atoms with E-state index in [4.69, 9.17) is 10.5 Å². The highest BCUT2D eigenvalue weighted by molar-refractivity contribution is 7.98. The van der Waals surface area contributed by atoms with Gasteiger partial charge in [-0.05, 0) is 24.8 Å². The Labute approximate surface area is 181 Å². The quantitative estimate of drug-likeness (QED) is 0.318. The number of ether oxygens (including phenoxy) is 1. The SMILES string of the molecule is CNc1cc(F)cc2c1[nH]c1nc(Oc3cnc(SC)nc3)nc(N3CC[C@H](N)C3)c12. The Bertz CT molecular complexity index is 1260. The molecule has 1 aliphatic rings. The molecule has 0 spiro atoms. The number of fused-ring (bicyclic) bond motifs is 3. The highest BCUT2D eigenvalue weighted by Crippen LogP contribution is 2.38. The van der Waals surface area contributed by atoms with Crippen LogP contribution in [0.3, 0.4) is 0 Å². The fourth-order valence-electron chi connectivity index (χ4n) is 3.84. The van der Waals surface area contributed by atoms with Gasteiger partial charge in [-0.2, -0.15) is 9.97 Å². The summed E-state index contributed by atoms with van der Waals surface area (Å²) in [5.74, 6) is 0.751. The molecule has 1 saturated heterocycles. The van der Waals surface area contributed by atoms with Crippen molar-refractivity contribution in [2.24, 2.45) is 5.73 Å². The number of hydrogen-bond donors (Lipinski definition) is 3. The highest BCUT2D eigenvalue weighted by Gasteiger charge is 2.26. The largest absolute Gasteiger partial charge is 0.421 e. The van der Waals surface area contributed by atoms with Gasteiger partial charge in [-0.3, -0.25) is 0 Å². The number of nitrogens with one attached hydrogen (secondary N) is 2. The first-order valence-electron chi connectivity index (χ1n) is 9.81. The summed E-state index contributed by atoms with van der Waals surface area (Å²) in [6.45, 7) is 1.40. The zero-order valence-corrected chi connectivity index (χ0v) is 17.8. The topological polar surface area (TPSA) is 118 Å². The second-order valence-electron chi connectivity index (χ2n) is 7.31. The molecule has 3 aromatic heterocycles. The molecule has 31 heavy (non-hydrogen) atoms. The van der Waals surface area contributed by atoms with Crippen molar-refractivity contribution in [3.8, 4) is 11.8 Å². The van der Waals surface area contributed by atoms with Crippen molar-refractivity contribution in [3.05, 3.63) is 30.3 Å². The summed E-state index contributed by atoms with van der Waals surface area (Å²) in [6.07, 6.45) is 5.91. The number of benzene rings is 1. The maximum absolute atomic E-state index is 14.3. The molecule has 1 fully saturated rings. The molecule has 1 atom stereocenters. The molecular formula is C20H21FN8OS. The van der Waals surface area contributed by atoms with Crippen LogP contribution in [-0.4, -0.2) is 57.4 Å². The van der Waals surface area contributed by atoms with E-state index in [0.717, 1.165) is 23.9 Å². The van der Waals surface area contributed by atoms with Crippen LogP contribution in [-0.2, 0) is 0 Å². The molecule has 0 saturated carbocycles. The molecule has 4 N–H and O–H groups in total. The number of nitrogens with two attached hydrogens (primary N) is 1. The summed E-state index contributed by atoms with van der Waals surface area (Å²) < 4.78 is 20.2. The smallest absolute Gasteiger partial charge is 0.326 e. The number of aromatic nitrogens is 5. The molecular weight excluding hydrogens is 419 g/mol. The molecule has 9 nitrogen and oxygen atoms in total. The number of nitrogens with zero attached hydrogens (tertiary/aromatic N) is 5. The minimum Gasteiger partial charge on any atom is -0.421 e. The fourth-order valence-corrected chi connectivity index (χ4v) is 4.16. The van der Waals surface area contributed by atoms with Gasteiger partial charge >= 0.3 is 6.01 Å². The summed E-state index contributed by atoms with van der Waals surface area (Å²) in [4.78, 5) is 23.0. The van der Waals surface area contributed by atoms with Gasteiger partial charge in [0.25, 0.3) is 0 Å². The van der Waals surface area contributed by atoms with Crippen molar-refractivity contribution < 1.29 is 9.13 Å². The lowest BCUT2D eigenvalue weighted by molar-refractivity contribution is 0.438. The summed E-state index contributed by atoms with van der Waals surface area (Å²) in [6, 6.07) is 3.14. The minimum atomic E-state index is -0.340. The zero-order valence-electron chi connectivity index (χ0n) is 17.0.